The van der Waals surface area contributed by atoms with E-state index in [1.807, 2.05) is 6.07 Å². The predicted molar refractivity (Wildman–Crippen MR) is 70.9 cm³/mol. The topological polar surface area (TPSA) is 35.8 Å². The van der Waals surface area contributed by atoms with Gasteiger partial charge in [-0.25, -0.2) is 0 Å². The highest BCUT2D eigenvalue weighted by Crippen LogP contribution is 2.37. The van der Waals surface area contributed by atoms with Crippen LogP contribution in [0.2, 0.25) is 5.02 Å². The first-order valence-corrected chi connectivity index (χ1v) is 5.92. The first kappa shape index (κ1) is 14.2. The summed E-state index contributed by atoms with van der Waals surface area (Å²) in [7, 11) is 0. The molecule has 0 aliphatic carbocycles. The van der Waals surface area contributed by atoms with Crippen LogP contribution in [-0.2, 0) is 6.18 Å². The van der Waals surface area contributed by atoms with E-state index in [1.165, 1.54) is 36.4 Å². The third kappa shape index (κ3) is 3.22. The highest BCUT2D eigenvalue weighted by atomic mass is 35.5. The molecule has 0 saturated carbocycles. The molecule has 0 aliphatic heterocycles. The van der Waals surface area contributed by atoms with Gasteiger partial charge in [-0.1, -0.05) is 11.6 Å². The second-order valence-electron chi connectivity index (χ2n) is 4.00. The van der Waals surface area contributed by atoms with Crippen LogP contribution in [0.3, 0.4) is 0 Å². The molecule has 0 amide bonds. The Morgan fingerprint density at radius 3 is 2.25 bits per heavy atom. The molecular formula is C14H8ClF3N2. The van der Waals surface area contributed by atoms with Gasteiger partial charge in [0.25, 0.3) is 0 Å². The van der Waals surface area contributed by atoms with E-state index in [2.05, 4.69) is 5.32 Å². The SMILES string of the molecule is N#Cc1ccc(Nc2ccc(Cl)cc2C(F)(F)F)cc1. The van der Waals surface area contributed by atoms with Gasteiger partial charge in [0.1, 0.15) is 0 Å². The number of halogens is 4. The molecule has 0 unspecified atom stereocenters. The monoisotopic (exact) mass is 296 g/mol. The standard InChI is InChI=1S/C14H8ClF3N2/c15-10-3-6-13(12(7-10)14(16,17)18)20-11-4-1-9(8-19)2-5-11/h1-7,20H. The maximum Gasteiger partial charge on any atom is 0.418 e. The van der Waals surface area contributed by atoms with Crippen molar-refractivity contribution in [3.8, 4) is 6.07 Å². The van der Waals surface area contributed by atoms with Crippen LogP contribution < -0.4 is 5.32 Å². The molecule has 6 heteroatoms. The average molecular weight is 297 g/mol. The van der Waals surface area contributed by atoms with Crippen LogP contribution in [0.25, 0.3) is 0 Å². The molecule has 0 fully saturated rings. The summed E-state index contributed by atoms with van der Waals surface area (Å²) >= 11 is 5.60. The summed E-state index contributed by atoms with van der Waals surface area (Å²) in [4.78, 5) is 0. The molecule has 0 aromatic heterocycles. The average Bonchev–Trinajstić information content (AvgIpc) is 2.40. The number of hydrogen-bond acceptors (Lipinski definition) is 2. The zero-order valence-electron chi connectivity index (χ0n) is 10.0. The number of rotatable bonds is 2. The molecule has 0 heterocycles. The van der Waals surface area contributed by atoms with Crippen LogP contribution in [0, 0.1) is 11.3 Å². The Morgan fingerprint density at radius 2 is 1.70 bits per heavy atom. The lowest BCUT2D eigenvalue weighted by atomic mass is 10.1. The van der Waals surface area contributed by atoms with Crippen molar-refractivity contribution >= 4 is 23.0 Å². The lowest BCUT2D eigenvalue weighted by molar-refractivity contribution is -0.136. The molecule has 0 aliphatic rings. The lowest BCUT2D eigenvalue weighted by Crippen LogP contribution is -2.08. The molecule has 2 aromatic rings. The number of hydrogen-bond donors (Lipinski definition) is 1. The van der Waals surface area contributed by atoms with Crippen molar-refractivity contribution in [1.29, 1.82) is 5.26 Å². The minimum Gasteiger partial charge on any atom is -0.355 e. The van der Waals surface area contributed by atoms with Crippen LogP contribution in [-0.4, -0.2) is 0 Å². The van der Waals surface area contributed by atoms with Crippen molar-refractivity contribution in [3.63, 3.8) is 0 Å². The lowest BCUT2D eigenvalue weighted by Gasteiger charge is -2.15. The number of benzene rings is 2. The fourth-order valence-corrected chi connectivity index (χ4v) is 1.82. The third-order valence-corrected chi connectivity index (χ3v) is 2.82. The summed E-state index contributed by atoms with van der Waals surface area (Å²) in [6.45, 7) is 0. The molecule has 0 spiro atoms. The number of nitrogens with one attached hydrogen (secondary N) is 1. The van der Waals surface area contributed by atoms with Crippen LogP contribution >= 0.6 is 11.6 Å². The van der Waals surface area contributed by atoms with Gasteiger partial charge in [0.2, 0.25) is 0 Å². The molecule has 2 aromatic carbocycles. The van der Waals surface area contributed by atoms with Crippen molar-refractivity contribution in [1.82, 2.24) is 0 Å². The quantitative estimate of drug-likeness (QED) is 0.849. The number of anilines is 2. The number of nitrogens with zero attached hydrogens (tertiary/aromatic N) is 1. The van der Waals surface area contributed by atoms with E-state index in [0.717, 1.165) is 6.07 Å². The van der Waals surface area contributed by atoms with Crippen molar-refractivity contribution < 1.29 is 13.2 Å². The van der Waals surface area contributed by atoms with Gasteiger partial charge in [-0.2, -0.15) is 18.4 Å². The number of alkyl halides is 3. The van der Waals surface area contributed by atoms with Gasteiger partial charge in [0, 0.05) is 10.7 Å². The van der Waals surface area contributed by atoms with Crippen molar-refractivity contribution in [2.75, 3.05) is 5.32 Å². The summed E-state index contributed by atoms with van der Waals surface area (Å²) < 4.78 is 38.7. The molecule has 0 saturated heterocycles. The molecule has 102 valence electrons. The Kier molecular flexibility index (Phi) is 3.86. The minimum absolute atomic E-state index is 0.0164. The first-order valence-electron chi connectivity index (χ1n) is 5.54. The Bertz CT molecular complexity index is 658. The molecule has 2 rings (SSSR count). The van der Waals surface area contributed by atoms with Crippen LogP contribution in [0.1, 0.15) is 11.1 Å². The van der Waals surface area contributed by atoms with Crippen molar-refractivity contribution in [2.24, 2.45) is 0 Å². The molecule has 0 atom stereocenters. The Balaban J connectivity index is 2.35. The first-order chi connectivity index (χ1) is 9.40. The van der Waals surface area contributed by atoms with Gasteiger partial charge in [-0.15, -0.1) is 0 Å². The van der Waals surface area contributed by atoms with Gasteiger partial charge in [0.05, 0.1) is 22.9 Å². The van der Waals surface area contributed by atoms with Crippen molar-refractivity contribution in [2.45, 2.75) is 6.18 Å². The summed E-state index contributed by atoms with van der Waals surface area (Å²) in [5, 5.41) is 11.4. The van der Waals surface area contributed by atoms with Gasteiger partial charge in [-0.05, 0) is 42.5 Å². The summed E-state index contributed by atoms with van der Waals surface area (Å²) in [5.74, 6) is 0. The summed E-state index contributed by atoms with van der Waals surface area (Å²) in [5.41, 5.74) is -0.0412. The van der Waals surface area contributed by atoms with Gasteiger partial charge in [-0.3, -0.25) is 0 Å². The molecule has 0 bridgehead atoms. The van der Waals surface area contributed by atoms with Gasteiger partial charge < -0.3 is 5.32 Å². The highest BCUT2D eigenvalue weighted by Gasteiger charge is 2.33. The largest absolute Gasteiger partial charge is 0.418 e. The van der Waals surface area contributed by atoms with E-state index in [-0.39, 0.29) is 10.7 Å². The molecule has 1 N–H and O–H groups in total. The van der Waals surface area contributed by atoms with Crippen LogP contribution in [0.4, 0.5) is 24.5 Å². The zero-order chi connectivity index (χ0) is 14.8. The maximum absolute atomic E-state index is 12.9. The maximum atomic E-state index is 12.9. The highest BCUT2D eigenvalue weighted by molar-refractivity contribution is 6.30. The fourth-order valence-electron chi connectivity index (χ4n) is 1.64. The van der Waals surface area contributed by atoms with Gasteiger partial charge >= 0.3 is 6.18 Å². The second kappa shape index (κ2) is 5.43. The third-order valence-electron chi connectivity index (χ3n) is 2.58. The van der Waals surface area contributed by atoms with E-state index in [1.54, 1.807) is 0 Å². The van der Waals surface area contributed by atoms with E-state index >= 15 is 0 Å². The van der Waals surface area contributed by atoms with Crippen LogP contribution in [0.5, 0.6) is 0 Å². The van der Waals surface area contributed by atoms with Gasteiger partial charge in [0.15, 0.2) is 0 Å². The molecule has 0 radical (unpaired) electrons. The van der Waals surface area contributed by atoms with E-state index in [9.17, 15) is 13.2 Å². The smallest absolute Gasteiger partial charge is 0.355 e. The van der Waals surface area contributed by atoms with E-state index in [0.29, 0.717) is 11.3 Å². The normalized spacial score (nSPS) is 10.9. The zero-order valence-corrected chi connectivity index (χ0v) is 10.8. The molecule has 2 nitrogen and oxygen atoms in total. The minimum atomic E-state index is -4.50. The van der Waals surface area contributed by atoms with Crippen molar-refractivity contribution in [3.05, 3.63) is 58.6 Å². The fraction of sp³-hybridized carbons (Fsp3) is 0.0714. The Hall–Kier alpha value is -2.19. The van der Waals surface area contributed by atoms with Crippen LogP contribution in [0.15, 0.2) is 42.5 Å². The van der Waals surface area contributed by atoms with E-state index < -0.39 is 11.7 Å². The number of nitriles is 1. The summed E-state index contributed by atoms with van der Waals surface area (Å²) in [6, 6.07) is 11.6. The Labute approximate surface area is 118 Å². The predicted octanol–water partition coefficient (Wildman–Crippen LogP) is 4.97. The molecular weight excluding hydrogens is 289 g/mol. The summed E-state index contributed by atoms with van der Waals surface area (Å²) in [6.07, 6.45) is -4.50. The second-order valence-corrected chi connectivity index (χ2v) is 4.44. The molecule has 20 heavy (non-hydrogen) atoms. The Morgan fingerprint density at radius 1 is 1.05 bits per heavy atom. The van der Waals surface area contributed by atoms with E-state index in [4.69, 9.17) is 16.9 Å².